The van der Waals surface area contributed by atoms with Crippen LogP contribution in [0.1, 0.15) is 112 Å². The molecule has 0 amide bonds. The molecule has 0 unspecified atom stereocenters. The maximum Gasteiger partial charge on any atom is -0.000730 e. The van der Waals surface area contributed by atoms with Crippen molar-refractivity contribution < 1.29 is 0 Å². The Labute approximate surface area is 492 Å². The first-order valence-corrected chi connectivity index (χ1v) is 30.9. The largest absolute Gasteiger partial charge is 0.0620 e. The summed E-state index contributed by atoms with van der Waals surface area (Å²) in [5, 5.41) is 26.8. The van der Waals surface area contributed by atoms with Crippen LogP contribution in [-0.2, 0) is 0 Å². The van der Waals surface area contributed by atoms with Crippen molar-refractivity contribution in [1.29, 1.82) is 0 Å². The minimum Gasteiger partial charge on any atom is -0.0620 e. The van der Waals surface area contributed by atoms with Gasteiger partial charge in [0, 0.05) is 0 Å². The molecule has 0 fully saturated rings. The van der Waals surface area contributed by atoms with Gasteiger partial charge >= 0.3 is 0 Å². The summed E-state index contributed by atoms with van der Waals surface area (Å²) in [6.07, 6.45) is 0. The molecule has 16 aromatic carbocycles. The van der Waals surface area contributed by atoms with Gasteiger partial charge in [0.05, 0.1) is 0 Å². The second kappa shape index (κ2) is 17.7. The fraction of sp³-hybridized carbons (Fsp3) is 0.167. The molecule has 0 spiro atoms. The van der Waals surface area contributed by atoms with Gasteiger partial charge in [-0.1, -0.05) is 231 Å². The van der Waals surface area contributed by atoms with Crippen LogP contribution in [0.25, 0.3) is 174 Å². The highest BCUT2D eigenvalue weighted by molar-refractivity contribution is 6.48. The Morgan fingerprint density at radius 2 is 0.583 bits per heavy atom. The van der Waals surface area contributed by atoms with E-state index >= 15 is 0 Å². The number of aryl methyl sites for hydroxylation is 2. The Morgan fingerprint density at radius 3 is 1.10 bits per heavy atom. The van der Waals surface area contributed by atoms with Crippen molar-refractivity contribution >= 4 is 108 Å². The molecule has 0 aromatic heterocycles. The highest BCUT2D eigenvalue weighted by atomic mass is 14.3. The van der Waals surface area contributed by atoms with Crippen LogP contribution >= 0.6 is 0 Å². The smallest absolute Gasteiger partial charge is 0.000730 e. The normalized spacial score (nSPS) is 12.8. The predicted molar refractivity (Wildman–Crippen MR) is 367 cm³/mol. The Morgan fingerprint density at radius 1 is 0.202 bits per heavy atom. The van der Waals surface area contributed by atoms with Crippen LogP contribution in [-0.4, -0.2) is 0 Å². The molecule has 0 heterocycles. The lowest BCUT2D eigenvalue weighted by Crippen LogP contribution is -2.00. The van der Waals surface area contributed by atoms with E-state index in [0.29, 0.717) is 23.7 Å². The molecular formula is C84H66. The molecule has 84 heavy (non-hydrogen) atoms. The van der Waals surface area contributed by atoms with E-state index < -0.39 is 0 Å². The average molecular weight is 1080 g/mol. The molecule has 0 aliphatic heterocycles. The van der Waals surface area contributed by atoms with E-state index in [1.165, 1.54) is 208 Å². The monoisotopic (exact) mass is 1070 g/mol. The van der Waals surface area contributed by atoms with Crippen molar-refractivity contribution in [3.05, 3.63) is 228 Å². The van der Waals surface area contributed by atoms with Gasteiger partial charge in [-0.2, -0.15) is 0 Å². The fourth-order valence-corrected chi connectivity index (χ4v) is 16.5. The zero-order valence-corrected chi connectivity index (χ0v) is 49.8. The summed E-state index contributed by atoms with van der Waals surface area (Å²) in [4.78, 5) is 0. The molecule has 402 valence electrons. The molecule has 0 N–H and O–H groups in total. The standard InChI is InChI=1S/C84H66/c1-43(2)50-22-15-23-51(44(3)4)74(50)49-28-29-56-59-30-32-61-63-36-38-67-82-68(39-37-64(81(63)82)62-33-35-66(69(56)40-49)79(59)80(61)62)84-78(55-21-14-12-19-48(55)10)73-42-71-65-34-31-60(75-52(45(5)6)24-16-25-53(75)46(7)8)57-26-17-27-58(76(57)65)70(71)41-72(73)77(83(67)84)54-20-13-11-18-47(54)9/h11-46H,1-10H3. The van der Waals surface area contributed by atoms with Gasteiger partial charge in [0.25, 0.3) is 0 Å². The third kappa shape index (κ3) is 6.49. The van der Waals surface area contributed by atoms with Gasteiger partial charge in [0.15, 0.2) is 0 Å². The van der Waals surface area contributed by atoms with Crippen LogP contribution in [0.5, 0.6) is 0 Å². The van der Waals surface area contributed by atoms with E-state index in [1.54, 1.807) is 0 Å². The molecule has 0 bridgehead atoms. The second-order valence-electron chi connectivity index (χ2n) is 26.1. The summed E-state index contributed by atoms with van der Waals surface area (Å²) < 4.78 is 0. The molecule has 16 aromatic rings. The third-order valence-electron chi connectivity index (χ3n) is 20.2. The first-order chi connectivity index (χ1) is 40.9. The zero-order valence-electron chi connectivity index (χ0n) is 49.8. The molecular weight excluding hydrogens is 1010 g/mol. The Kier molecular flexibility index (Phi) is 10.4. The van der Waals surface area contributed by atoms with Crippen molar-refractivity contribution in [3.8, 4) is 66.8 Å². The molecule has 0 saturated carbocycles. The topological polar surface area (TPSA) is 0 Å². The number of rotatable bonds is 8. The molecule has 1 aliphatic rings. The van der Waals surface area contributed by atoms with Crippen LogP contribution in [0.4, 0.5) is 0 Å². The quantitative estimate of drug-likeness (QED) is 0.105. The lowest BCUT2D eigenvalue weighted by molar-refractivity contribution is 0.838. The number of hydrogen-bond acceptors (Lipinski definition) is 0. The van der Waals surface area contributed by atoms with Crippen LogP contribution < -0.4 is 0 Å². The molecule has 0 atom stereocenters. The van der Waals surface area contributed by atoms with Crippen molar-refractivity contribution in [3.63, 3.8) is 0 Å². The maximum atomic E-state index is 2.61. The summed E-state index contributed by atoms with van der Waals surface area (Å²) in [6, 6.07) is 76.5. The average Bonchev–Trinajstić information content (AvgIpc) is 1.64. The SMILES string of the molecule is Cc1ccccc1-c1c2cc3c(cc2c(-c2ccccc2C)c2c4ccc5c6ccc7c8c(ccc(c9ccc(c12)c4c95)c86)-c1ccc(-c2c(C(C)C)cccc2C(C)C)cc1-7)c1ccc(-c2c(C(C)C)cccc2C(C)C)c2cccc3c21. The van der Waals surface area contributed by atoms with E-state index in [4.69, 9.17) is 0 Å². The van der Waals surface area contributed by atoms with Crippen molar-refractivity contribution in [2.24, 2.45) is 0 Å². The minimum atomic E-state index is 0.398. The van der Waals surface area contributed by atoms with Gasteiger partial charge in [0.2, 0.25) is 0 Å². The molecule has 1 aliphatic carbocycles. The van der Waals surface area contributed by atoms with E-state index in [0.717, 1.165) is 0 Å². The van der Waals surface area contributed by atoms with Gasteiger partial charge in [-0.05, 0) is 264 Å². The van der Waals surface area contributed by atoms with Crippen molar-refractivity contribution in [2.75, 3.05) is 0 Å². The summed E-state index contributed by atoms with van der Waals surface area (Å²) in [5.41, 5.74) is 24.3. The Balaban J connectivity index is 0.975. The lowest BCUT2D eigenvalue weighted by atomic mass is 9.83. The predicted octanol–water partition coefficient (Wildman–Crippen LogP) is 25.0. The molecule has 17 rings (SSSR count). The number of fused-ring (bicyclic) bond motifs is 12. The van der Waals surface area contributed by atoms with Gasteiger partial charge in [-0.3, -0.25) is 0 Å². The molecule has 0 nitrogen and oxygen atoms in total. The summed E-state index contributed by atoms with van der Waals surface area (Å²) in [7, 11) is 0. The Hall–Kier alpha value is -9.10. The number of benzene rings is 14. The highest BCUT2D eigenvalue weighted by Crippen LogP contribution is 2.59. The summed E-state index contributed by atoms with van der Waals surface area (Å²) in [5.74, 6) is 1.64. The highest BCUT2D eigenvalue weighted by Gasteiger charge is 2.31. The first kappa shape index (κ1) is 49.5. The van der Waals surface area contributed by atoms with Gasteiger partial charge in [0.1, 0.15) is 0 Å². The molecule has 0 heteroatoms. The third-order valence-corrected chi connectivity index (χ3v) is 20.2. The van der Waals surface area contributed by atoms with E-state index in [1.807, 2.05) is 0 Å². The van der Waals surface area contributed by atoms with E-state index in [2.05, 4.69) is 263 Å². The second-order valence-corrected chi connectivity index (χ2v) is 26.1. The van der Waals surface area contributed by atoms with E-state index in [-0.39, 0.29) is 0 Å². The fourth-order valence-electron chi connectivity index (χ4n) is 16.5. The minimum absolute atomic E-state index is 0.398. The number of hydrogen-bond donors (Lipinski definition) is 0. The summed E-state index contributed by atoms with van der Waals surface area (Å²) in [6.45, 7) is 23.3. The van der Waals surface area contributed by atoms with Crippen molar-refractivity contribution in [2.45, 2.75) is 92.9 Å². The van der Waals surface area contributed by atoms with Crippen LogP contribution in [0.15, 0.2) is 194 Å². The molecule has 0 radical (unpaired) electrons. The van der Waals surface area contributed by atoms with E-state index in [9.17, 15) is 0 Å². The Bertz CT molecular complexity index is 5280. The van der Waals surface area contributed by atoms with Crippen LogP contribution in [0.2, 0.25) is 0 Å². The van der Waals surface area contributed by atoms with Gasteiger partial charge in [-0.25, -0.2) is 0 Å². The van der Waals surface area contributed by atoms with Gasteiger partial charge < -0.3 is 0 Å². The van der Waals surface area contributed by atoms with Crippen LogP contribution in [0, 0.1) is 13.8 Å². The molecule has 0 saturated heterocycles. The van der Waals surface area contributed by atoms with Crippen LogP contribution in [0.3, 0.4) is 0 Å². The van der Waals surface area contributed by atoms with Crippen molar-refractivity contribution in [1.82, 2.24) is 0 Å². The van der Waals surface area contributed by atoms with Gasteiger partial charge in [-0.15, -0.1) is 0 Å². The zero-order chi connectivity index (χ0) is 56.9. The lowest BCUT2D eigenvalue weighted by Gasteiger charge is -2.21. The first-order valence-electron chi connectivity index (χ1n) is 30.9. The summed E-state index contributed by atoms with van der Waals surface area (Å²) >= 11 is 0. The maximum absolute atomic E-state index is 2.61.